The molecule has 2 aromatic heterocycles. The van der Waals surface area contributed by atoms with Crippen molar-refractivity contribution in [1.82, 2.24) is 9.13 Å². The highest BCUT2D eigenvalue weighted by atomic mass is 16.5. The molecule has 0 amide bonds. The molecule has 2 N–H and O–H groups in total. The number of aromatic nitrogens is 2. The lowest BCUT2D eigenvalue weighted by atomic mass is 9.83. The van der Waals surface area contributed by atoms with Crippen molar-refractivity contribution >= 4 is 0 Å². The Morgan fingerprint density at radius 1 is 0.788 bits per heavy atom. The molecule has 0 fully saturated rings. The fraction of sp³-hybridized carbons (Fsp3) is 0.333. The summed E-state index contributed by atoms with van der Waals surface area (Å²) in [5.74, 6) is -0.461. The summed E-state index contributed by atoms with van der Waals surface area (Å²) in [6, 6.07) is 5.86. The van der Waals surface area contributed by atoms with Crippen molar-refractivity contribution in [2.24, 2.45) is 14.1 Å². The van der Waals surface area contributed by atoms with Crippen molar-refractivity contribution in [2.75, 3.05) is 21.3 Å². The van der Waals surface area contributed by atoms with E-state index in [4.69, 9.17) is 14.2 Å². The second kappa shape index (κ2) is 8.93. The Morgan fingerprint density at radius 3 is 1.85 bits per heavy atom. The molecule has 9 heteroatoms. The molecule has 1 aromatic carbocycles. The van der Waals surface area contributed by atoms with Gasteiger partial charge in [0.2, 0.25) is 5.75 Å². The van der Waals surface area contributed by atoms with Crippen molar-refractivity contribution in [2.45, 2.75) is 19.8 Å². The molecule has 2 heterocycles. The lowest BCUT2D eigenvalue weighted by molar-refractivity contribution is 0.323. The molecular weight excluding hydrogens is 428 g/mol. The van der Waals surface area contributed by atoms with E-state index in [0.717, 1.165) is 6.07 Å². The first-order valence-corrected chi connectivity index (χ1v) is 10.2. The summed E-state index contributed by atoms with van der Waals surface area (Å²) in [6.45, 7) is 3.37. The third-order valence-electron chi connectivity index (χ3n) is 6.04. The Labute approximate surface area is 191 Å². The van der Waals surface area contributed by atoms with Gasteiger partial charge in [-0.25, -0.2) is 0 Å². The van der Waals surface area contributed by atoms with E-state index in [2.05, 4.69) is 0 Å². The molecule has 1 unspecified atom stereocenters. The van der Waals surface area contributed by atoms with Crippen LogP contribution < -0.4 is 25.3 Å². The third-order valence-corrected chi connectivity index (χ3v) is 6.04. The number of rotatable bonds is 6. The van der Waals surface area contributed by atoms with Gasteiger partial charge in [-0.15, -0.1) is 0 Å². The summed E-state index contributed by atoms with van der Waals surface area (Å²) in [4.78, 5) is 25.6. The van der Waals surface area contributed by atoms with Gasteiger partial charge in [0.25, 0.3) is 11.1 Å². The summed E-state index contributed by atoms with van der Waals surface area (Å²) >= 11 is 0. The standard InChI is InChI=1S/C24H28N2O7/c1-12-8-15(27)22(24(30)25(12)3)21(20-13(2)26(4)19(29)11-16(20)28)14-9-17(31-5)23(33-7)18(10-14)32-6/h8-11,21,27-28H,1-7H3. The van der Waals surface area contributed by atoms with Crippen molar-refractivity contribution in [3.05, 3.63) is 73.1 Å². The summed E-state index contributed by atoms with van der Waals surface area (Å²) in [5, 5.41) is 21.8. The maximum atomic E-state index is 13.4. The number of ether oxygens (including phenoxy) is 3. The van der Waals surface area contributed by atoms with Gasteiger partial charge < -0.3 is 33.6 Å². The number of hydrogen-bond acceptors (Lipinski definition) is 7. The Hall–Kier alpha value is -3.88. The predicted octanol–water partition coefficient (Wildman–Crippen LogP) is 2.32. The largest absolute Gasteiger partial charge is 0.507 e. The van der Waals surface area contributed by atoms with E-state index >= 15 is 0 Å². The lowest BCUT2D eigenvalue weighted by Gasteiger charge is -2.25. The highest BCUT2D eigenvalue weighted by Crippen LogP contribution is 2.46. The first-order valence-electron chi connectivity index (χ1n) is 10.2. The van der Waals surface area contributed by atoms with Gasteiger partial charge in [-0.05, 0) is 37.6 Å². The summed E-state index contributed by atoms with van der Waals surface area (Å²) in [7, 11) is 7.57. The van der Waals surface area contributed by atoms with E-state index in [1.54, 1.807) is 40.1 Å². The topological polar surface area (TPSA) is 112 Å². The van der Waals surface area contributed by atoms with Crippen LogP contribution in [0.15, 0.2) is 33.9 Å². The maximum absolute atomic E-state index is 13.4. The molecule has 0 aliphatic heterocycles. The highest BCUT2D eigenvalue weighted by molar-refractivity contribution is 5.60. The van der Waals surface area contributed by atoms with E-state index in [1.807, 2.05) is 0 Å². The lowest BCUT2D eigenvalue weighted by Crippen LogP contribution is -2.28. The predicted molar refractivity (Wildman–Crippen MR) is 123 cm³/mol. The van der Waals surface area contributed by atoms with Crippen LogP contribution in [0.5, 0.6) is 28.7 Å². The number of pyridine rings is 2. The van der Waals surface area contributed by atoms with Gasteiger partial charge >= 0.3 is 0 Å². The van der Waals surface area contributed by atoms with E-state index in [-0.39, 0.29) is 17.1 Å². The Balaban J connectivity index is 2.53. The van der Waals surface area contributed by atoms with Crippen LogP contribution in [0.4, 0.5) is 0 Å². The molecule has 0 aliphatic carbocycles. The molecule has 0 spiro atoms. The van der Waals surface area contributed by atoms with Gasteiger partial charge in [0.1, 0.15) is 11.5 Å². The summed E-state index contributed by atoms with van der Waals surface area (Å²) < 4.78 is 19.1. The number of nitrogens with zero attached hydrogens (tertiary/aromatic N) is 2. The number of aryl methyl sites for hydroxylation is 1. The molecule has 0 aliphatic rings. The van der Waals surface area contributed by atoms with Gasteiger partial charge in [0.15, 0.2) is 11.5 Å². The molecule has 0 bridgehead atoms. The minimum absolute atomic E-state index is 0.0365. The average Bonchev–Trinajstić information content (AvgIpc) is 2.79. The monoisotopic (exact) mass is 456 g/mol. The third kappa shape index (κ3) is 3.90. The zero-order chi connectivity index (χ0) is 24.6. The highest BCUT2D eigenvalue weighted by Gasteiger charge is 2.31. The normalized spacial score (nSPS) is 11.8. The minimum atomic E-state index is -0.954. The van der Waals surface area contributed by atoms with Gasteiger partial charge in [0, 0.05) is 43.0 Å². The van der Waals surface area contributed by atoms with E-state index < -0.39 is 17.0 Å². The maximum Gasteiger partial charge on any atom is 0.258 e. The van der Waals surface area contributed by atoms with Gasteiger partial charge in [-0.2, -0.15) is 0 Å². The van der Waals surface area contributed by atoms with Crippen molar-refractivity contribution in [3.8, 4) is 28.7 Å². The summed E-state index contributed by atoms with van der Waals surface area (Å²) in [5.41, 5.74) is 0.958. The van der Waals surface area contributed by atoms with Crippen molar-refractivity contribution in [1.29, 1.82) is 0 Å². The van der Waals surface area contributed by atoms with E-state index in [0.29, 0.717) is 39.8 Å². The van der Waals surface area contributed by atoms with Crippen LogP contribution in [0.2, 0.25) is 0 Å². The minimum Gasteiger partial charge on any atom is -0.507 e. The number of aromatic hydroxyl groups is 2. The summed E-state index contributed by atoms with van der Waals surface area (Å²) in [6.07, 6.45) is 0. The zero-order valence-electron chi connectivity index (χ0n) is 19.7. The molecule has 3 rings (SSSR count). The molecule has 0 radical (unpaired) electrons. The molecular formula is C24H28N2O7. The smallest absolute Gasteiger partial charge is 0.258 e. The average molecular weight is 456 g/mol. The van der Waals surface area contributed by atoms with Crippen molar-refractivity contribution < 1.29 is 24.4 Å². The second-order valence-electron chi connectivity index (χ2n) is 7.77. The SMILES string of the molecule is COc1cc(C(c2c(O)cc(=O)n(C)c2C)c2c(O)cc(C)n(C)c2=O)cc(OC)c1OC. The number of benzene rings is 1. The van der Waals surface area contributed by atoms with Gasteiger partial charge in [-0.3, -0.25) is 9.59 Å². The fourth-order valence-electron chi connectivity index (χ4n) is 4.02. The molecule has 0 saturated heterocycles. The Morgan fingerprint density at radius 2 is 1.33 bits per heavy atom. The van der Waals surface area contributed by atoms with Crippen molar-refractivity contribution in [3.63, 3.8) is 0 Å². The van der Waals surface area contributed by atoms with Crippen LogP contribution in [-0.4, -0.2) is 40.7 Å². The quantitative estimate of drug-likeness (QED) is 0.585. The van der Waals surface area contributed by atoms with E-state index in [9.17, 15) is 19.8 Å². The van der Waals surface area contributed by atoms with Crippen LogP contribution in [0.1, 0.15) is 34.0 Å². The van der Waals surface area contributed by atoms with Crippen LogP contribution in [-0.2, 0) is 14.1 Å². The molecule has 1 atom stereocenters. The Kier molecular flexibility index (Phi) is 6.44. The first-order chi connectivity index (χ1) is 15.6. The molecule has 3 aromatic rings. The number of methoxy groups -OCH3 is 3. The Bertz CT molecular complexity index is 1310. The zero-order valence-corrected chi connectivity index (χ0v) is 19.7. The van der Waals surface area contributed by atoms with Crippen LogP contribution in [0.3, 0.4) is 0 Å². The van der Waals surface area contributed by atoms with E-state index in [1.165, 1.54) is 36.5 Å². The fourth-order valence-corrected chi connectivity index (χ4v) is 4.02. The van der Waals surface area contributed by atoms with Gasteiger partial charge in [-0.1, -0.05) is 0 Å². The second-order valence-corrected chi connectivity index (χ2v) is 7.77. The first kappa shape index (κ1) is 23.8. The van der Waals surface area contributed by atoms with Crippen LogP contribution in [0.25, 0.3) is 0 Å². The van der Waals surface area contributed by atoms with Crippen LogP contribution in [0, 0.1) is 13.8 Å². The molecule has 176 valence electrons. The molecule has 9 nitrogen and oxygen atoms in total. The molecule has 33 heavy (non-hydrogen) atoms. The van der Waals surface area contributed by atoms with Crippen LogP contribution >= 0.6 is 0 Å². The number of hydrogen-bond donors (Lipinski definition) is 2. The molecule has 0 saturated carbocycles. The van der Waals surface area contributed by atoms with Gasteiger partial charge in [0.05, 0.1) is 26.9 Å².